The molecule has 0 N–H and O–H groups in total. The molecule has 0 saturated carbocycles. The van der Waals surface area contributed by atoms with Gasteiger partial charge in [0.05, 0.1) is 0 Å². The van der Waals surface area contributed by atoms with Crippen molar-refractivity contribution in [2.75, 3.05) is 0 Å². The van der Waals surface area contributed by atoms with E-state index in [1.54, 1.807) is 0 Å². The van der Waals surface area contributed by atoms with Crippen molar-refractivity contribution in [1.82, 2.24) is 0 Å². The summed E-state index contributed by atoms with van der Waals surface area (Å²) in [5.41, 5.74) is 0. The van der Waals surface area contributed by atoms with Gasteiger partial charge in [-0.3, -0.25) is 0 Å². The number of hydrogen-bond donors (Lipinski definition) is 0. The smallest absolute Gasteiger partial charge is 0.0267 e. The van der Waals surface area contributed by atoms with Gasteiger partial charge in [-0.2, -0.15) is 0 Å². The number of halogens is 1. The third-order valence-corrected chi connectivity index (χ3v) is 5.61. The Balaban J connectivity index is 2.86. The molecule has 0 aromatic heterocycles. The van der Waals surface area contributed by atoms with Crippen LogP contribution in [0.3, 0.4) is 0 Å². The zero-order valence-electron chi connectivity index (χ0n) is 7.71. The van der Waals surface area contributed by atoms with Gasteiger partial charge in [0.2, 0.25) is 0 Å². The van der Waals surface area contributed by atoms with Crippen LogP contribution in [0.2, 0.25) is 0 Å². The van der Waals surface area contributed by atoms with Crippen LogP contribution >= 0.6 is 18.5 Å². The predicted octanol–water partition coefficient (Wildman–Crippen LogP) is 3.75. The van der Waals surface area contributed by atoms with Gasteiger partial charge in [-0.25, -0.2) is 0 Å². The lowest BCUT2D eigenvalue weighted by molar-refractivity contribution is 0.796. The van der Waals surface area contributed by atoms with E-state index in [1.807, 2.05) is 18.2 Å². The summed E-state index contributed by atoms with van der Waals surface area (Å²) in [7, 11) is -0.544. The van der Waals surface area contributed by atoms with Gasteiger partial charge in [0.25, 0.3) is 0 Å². The Kier molecular flexibility index (Phi) is 3.15. The maximum absolute atomic E-state index is 6.35. The van der Waals surface area contributed by atoms with Crippen LogP contribution < -0.4 is 5.30 Å². The van der Waals surface area contributed by atoms with E-state index in [1.165, 1.54) is 5.30 Å². The zero-order valence-corrected chi connectivity index (χ0v) is 9.36. The van der Waals surface area contributed by atoms with Crippen molar-refractivity contribution in [1.29, 1.82) is 0 Å². The third kappa shape index (κ3) is 2.47. The number of rotatable bonds is 1. The average molecular weight is 201 g/mol. The molecule has 0 unspecified atom stereocenters. The molecule has 0 saturated heterocycles. The summed E-state index contributed by atoms with van der Waals surface area (Å²) in [6, 6.07) is 10.3. The fourth-order valence-electron chi connectivity index (χ4n) is 0.946. The summed E-state index contributed by atoms with van der Waals surface area (Å²) < 4.78 is 0. The Labute approximate surface area is 80.5 Å². The minimum atomic E-state index is -0.544. The van der Waals surface area contributed by atoms with E-state index in [9.17, 15) is 0 Å². The summed E-state index contributed by atoms with van der Waals surface area (Å²) >= 11 is 6.35. The lowest BCUT2D eigenvalue weighted by Gasteiger charge is -2.25. The second-order valence-corrected chi connectivity index (χ2v) is 7.22. The van der Waals surface area contributed by atoms with Crippen molar-refractivity contribution in [2.24, 2.45) is 0 Å². The quantitative estimate of drug-likeness (QED) is 0.606. The van der Waals surface area contributed by atoms with Crippen LogP contribution in [0.25, 0.3) is 0 Å². The molecule has 0 radical (unpaired) electrons. The van der Waals surface area contributed by atoms with E-state index >= 15 is 0 Å². The van der Waals surface area contributed by atoms with E-state index in [0.29, 0.717) is 0 Å². The molecule has 0 spiro atoms. The van der Waals surface area contributed by atoms with Crippen LogP contribution in [-0.4, -0.2) is 5.16 Å². The molecule has 1 rings (SSSR count). The van der Waals surface area contributed by atoms with E-state index in [0.717, 1.165) is 0 Å². The first kappa shape index (κ1) is 10.0. The Bertz CT molecular complexity index is 238. The van der Waals surface area contributed by atoms with Crippen LogP contribution in [0, 0.1) is 0 Å². The molecule has 1 aromatic carbocycles. The molecule has 1 atom stereocenters. The lowest BCUT2D eigenvalue weighted by atomic mass is 10.3. The summed E-state index contributed by atoms with van der Waals surface area (Å²) in [6.45, 7) is 6.54. The van der Waals surface area contributed by atoms with Gasteiger partial charge >= 0.3 is 0 Å². The fraction of sp³-hybridized carbons (Fsp3) is 0.400. The van der Waals surface area contributed by atoms with Gasteiger partial charge in [0.1, 0.15) is 0 Å². The van der Waals surface area contributed by atoms with Crippen LogP contribution in [-0.2, 0) is 0 Å². The molecule has 0 amide bonds. The van der Waals surface area contributed by atoms with E-state index in [4.69, 9.17) is 11.2 Å². The second-order valence-electron chi connectivity index (χ2n) is 3.79. The van der Waals surface area contributed by atoms with Crippen molar-refractivity contribution >= 4 is 23.8 Å². The predicted molar refractivity (Wildman–Crippen MR) is 58.6 cm³/mol. The van der Waals surface area contributed by atoms with Crippen LogP contribution in [0.1, 0.15) is 20.8 Å². The number of hydrogen-bond acceptors (Lipinski definition) is 0. The molecule has 0 aliphatic carbocycles. The van der Waals surface area contributed by atoms with Gasteiger partial charge < -0.3 is 0 Å². The first-order chi connectivity index (χ1) is 5.52. The molecule has 0 heterocycles. The molecular weight excluding hydrogens is 187 g/mol. The maximum Gasteiger partial charge on any atom is 0.0267 e. The first-order valence-electron chi connectivity index (χ1n) is 4.03. The molecule has 0 bridgehead atoms. The Morgan fingerprint density at radius 2 is 1.58 bits per heavy atom. The van der Waals surface area contributed by atoms with Gasteiger partial charge in [0.15, 0.2) is 0 Å². The molecule has 0 nitrogen and oxygen atoms in total. The molecule has 12 heavy (non-hydrogen) atoms. The van der Waals surface area contributed by atoms with Crippen LogP contribution in [0.4, 0.5) is 0 Å². The maximum atomic E-state index is 6.35. The summed E-state index contributed by atoms with van der Waals surface area (Å²) in [6.07, 6.45) is 0. The molecule has 2 heteroatoms. The molecule has 1 aromatic rings. The normalized spacial score (nSPS) is 14.3. The Morgan fingerprint density at radius 1 is 1.08 bits per heavy atom. The van der Waals surface area contributed by atoms with Crippen LogP contribution in [0.15, 0.2) is 30.3 Å². The molecule has 0 aliphatic rings. The van der Waals surface area contributed by atoms with Crippen molar-refractivity contribution in [3.63, 3.8) is 0 Å². The monoisotopic (exact) mass is 200 g/mol. The third-order valence-electron chi connectivity index (χ3n) is 1.57. The van der Waals surface area contributed by atoms with Gasteiger partial charge in [-0.05, 0) is 10.5 Å². The van der Waals surface area contributed by atoms with Crippen LogP contribution in [0.5, 0.6) is 0 Å². The zero-order chi connectivity index (χ0) is 9.19. The molecule has 0 fully saturated rings. The van der Waals surface area contributed by atoms with Gasteiger partial charge in [-0.1, -0.05) is 62.3 Å². The second kappa shape index (κ2) is 3.77. The van der Waals surface area contributed by atoms with Crippen molar-refractivity contribution in [3.8, 4) is 0 Å². The van der Waals surface area contributed by atoms with E-state index < -0.39 is 7.27 Å². The van der Waals surface area contributed by atoms with E-state index in [-0.39, 0.29) is 5.16 Å². The molecular formula is C10H14ClP. The summed E-state index contributed by atoms with van der Waals surface area (Å²) in [5, 5.41) is 1.46. The van der Waals surface area contributed by atoms with Gasteiger partial charge in [-0.15, -0.1) is 0 Å². The van der Waals surface area contributed by atoms with Crippen molar-refractivity contribution < 1.29 is 0 Å². The Hall–Kier alpha value is -0.0600. The average Bonchev–Trinajstić information content (AvgIpc) is 2.03. The highest BCUT2D eigenvalue weighted by Crippen LogP contribution is 2.52. The summed E-state index contributed by atoms with van der Waals surface area (Å²) in [5.74, 6) is 0. The Morgan fingerprint density at radius 3 is 2.00 bits per heavy atom. The topological polar surface area (TPSA) is 0 Å². The van der Waals surface area contributed by atoms with Crippen molar-refractivity contribution in [3.05, 3.63) is 30.3 Å². The molecule has 66 valence electrons. The minimum Gasteiger partial charge on any atom is -0.0906 e. The minimum absolute atomic E-state index is 0.193. The first-order valence-corrected chi connectivity index (χ1v) is 6.27. The highest BCUT2D eigenvalue weighted by molar-refractivity contribution is 7.91. The SMILES string of the molecule is CC(C)(C)[P@](Cl)c1ccccc1. The van der Waals surface area contributed by atoms with Crippen molar-refractivity contribution in [2.45, 2.75) is 25.9 Å². The largest absolute Gasteiger partial charge is 0.0906 e. The highest BCUT2D eigenvalue weighted by atomic mass is 35.7. The molecule has 0 aliphatic heterocycles. The standard InChI is InChI=1S/C10H14ClP/c1-10(2,3)12(11)9-7-5-4-6-8-9/h4-8H,1-3H3/t12-/m1/s1. The van der Waals surface area contributed by atoms with E-state index in [2.05, 4.69) is 32.9 Å². The summed E-state index contributed by atoms with van der Waals surface area (Å²) in [4.78, 5) is 0. The lowest BCUT2D eigenvalue weighted by Crippen LogP contribution is -2.15. The number of benzene rings is 1. The highest BCUT2D eigenvalue weighted by Gasteiger charge is 2.23. The fourth-order valence-corrected chi connectivity index (χ4v) is 2.49. The van der Waals surface area contributed by atoms with Gasteiger partial charge in [0, 0.05) is 7.27 Å².